The number of hydrogen-bond donors (Lipinski definition) is 0. The normalized spacial score (nSPS) is 11.8. The number of nitrogens with zero attached hydrogens (tertiary/aromatic N) is 1. The van der Waals surface area contributed by atoms with Crippen LogP contribution in [0.25, 0.3) is 10.9 Å². The van der Waals surface area contributed by atoms with E-state index in [9.17, 15) is 0 Å². The molecule has 2 heteroatoms. The summed E-state index contributed by atoms with van der Waals surface area (Å²) < 4.78 is 5.37. The predicted octanol–water partition coefficient (Wildman–Crippen LogP) is 3.85. The summed E-state index contributed by atoms with van der Waals surface area (Å²) in [4.78, 5) is 4.50. The number of methoxy groups -OCH3 is 1. The van der Waals surface area contributed by atoms with Crippen molar-refractivity contribution in [1.82, 2.24) is 4.98 Å². The van der Waals surface area contributed by atoms with Crippen LogP contribution in [-0.2, 0) is 5.41 Å². The van der Waals surface area contributed by atoms with Gasteiger partial charge < -0.3 is 4.74 Å². The molecule has 0 aliphatic carbocycles. The maximum atomic E-state index is 5.37. The third-order valence-electron chi connectivity index (χ3n) is 3.02. The molecule has 0 aliphatic rings. The molecule has 1 heterocycles. The molecular weight excluding hydrogens is 210 g/mol. The van der Waals surface area contributed by atoms with Gasteiger partial charge in [-0.1, -0.05) is 32.9 Å². The Hall–Kier alpha value is -1.57. The Kier molecular flexibility index (Phi) is 2.82. The van der Waals surface area contributed by atoms with E-state index in [1.165, 1.54) is 16.5 Å². The number of aromatic nitrogens is 1. The molecule has 17 heavy (non-hydrogen) atoms. The number of ether oxygens (including phenoxy) is 1. The van der Waals surface area contributed by atoms with Crippen molar-refractivity contribution >= 4 is 10.9 Å². The molecule has 2 aromatic rings. The van der Waals surface area contributed by atoms with Crippen molar-refractivity contribution in [3.8, 4) is 5.75 Å². The summed E-state index contributed by atoms with van der Waals surface area (Å²) in [6, 6.07) is 6.10. The van der Waals surface area contributed by atoms with Crippen LogP contribution in [0.3, 0.4) is 0 Å². The quantitative estimate of drug-likeness (QED) is 0.741. The first-order valence-electron chi connectivity index (χ1n) is 5.88. The number of benzene rings is 1. The first-order chi connectivity index (χ1) is 7.95. The smallest absolute Gasteiger partial charge is 0.145 e. The van der Waals surface area contributed by atoms with E-state index in [2.05, 4.69) is 38.7 Å². The Morgan fingerprint density at radius 3 is 2.47 bits per heavy atom. The molecule has 2 nitrogen and oxygen atoms in total. The summed E-state index contributed by atoms with van der Waals surface area (Å²) >= 11 is 0. The second-order valence-electron chi connectivity index (χ2n) is 5.42. The van der Waals surface area contributed by atoms with E-state index in [0.717, 1.165) is 11.3 Å². The molecular formula is C15H19NO. The van der Waals surface area contributed by atoms with Gasteiger partial charge in [-0.2, -0.15) is 0 Å². The van der Waals surface area contributed by atoms with Gasteiger partial charge in [0.1, 0.15) is 11.3 Å². The zero-order valence-electron chi connectivity index (χ0n) is 11.2. The highest BCUT2D eigenvalue weighted by Gasteiger charge is 2.20. The van der Waals surface area contributed by atoms with Gasteiger partial charge in [-0.3, -0.25) is 4.98 Å². The number of hydrogen-bond acceptors (Lipinski definition) is 2. The van der Waals surface area contributed by atoms with Crippen LogP contribution >= 0.6 is 0 Å². The van der Waals surface area contributed by atoms with E-state index in [-0.39, 0.29) is 5.41 Å². The lowest BCUT2D eigenvalue weighted by molar-refractivity contribution is 0.419. The van der Waals surface area contributed by atoms with Crippen molar-refractivity contribution in [2.75, 3.05) is 7.11 Å². The summed E-state index contributed by atoms with van der Waals surface area (Å²) in [6.07, 6.45) is 1.94. The first-order valence-corrected chi connectivity index (χ1v) is 5.88. The SMILES string of the molecule is COc1cccc2c(C(C)(C)C)c(C)cnc12. The number of aryl methyl sites for hydroxylation is 1. The summed E-state index contributed by atoms with van der Waals surface area (Å²) in [5.74, 6) is 0.841. The van der Waals surface area contributed by atoms with E-state index in [1.54, 1.807) is 7.11 Å². The van der Waals surface area contributed by atoms with E-state index in [4.69, 9.17) is 4.74 Å². The fourth-order valence-electron chi connectivity index (χ4n) is 2.46. The lowest BCUT2D eigenvalue weighted by Crippen LogP contribution is -2.14. The molecule has 0 saturated carbocycles. The minimum Gasteiger partial charge on any atom is -0.494 e. The van der Waals surface area contributed by atoms with Crippen molar-refractivity contribution in [3.63, 3.8) is 0 Å². The lowest BCUT2D eigenvalue weighted by Gasteiger charge is -2.24. The summed E-state index contributed by atoms with van der Waals surface area (Å²) in [5, 5.41) is 1.19. The van der Waals surface area contributed by atoms with Crippen LogP contribution in [0.1, 0.15) is 31.9 Å². The average Bonchev–Trinajstić information content (AvgIpc) is 2.25. The molecule has 0 unspecified atom stereocenters. The van der Waals surface area contributed by atoms with Gasteiger partial charge in [0.2, 0.25) is 0 Å². The van der Waals surface area contributed by atoms with Crippen LogP contribution in [0.15, 0.2) is 24.4 Å². The standard InChI is InChI=1S/C15H19NO/c1-10-9-16-14-11(13(10)15(2,3)4)7-6-8-12(14)17-5/h6-9H,1-5H3. The predicted molar refractivity (Wildman–Crippen MR) is 71.7 cm³/mol. The Morgan fingerprint density at radius 1 is 1.18 bits per heavy atom. The highest BCUT2D eigenvalue weighted by molar-refractivity contribution is 5.88. The van der Waals surface area contributed by atoms with E-state index in [0.29, 0.717) is 0 Å². The van der Waals surface area contributed by atoms with Gasteiger partial charge in [0.25, 0.3) is 0 Å². The van der Waals surface area contributed by atoms with Gasteiger partial charge in [0.15, 0.2) is 0 Å². The van der Waals surface area contributed by atoms with Crippen molar-refractivity contribution < 1.29 is 4.74 Å². The molecule has 0 N–H and O–H groups in total. The molecule has 0 aliphatic heterocycles. The molecule has 1 aromatic heterocycles. The molecule has 1 aromatic carbocycles. The Balaban J connectivity index is 2.87. The van der Waals surface area contributed by atoms with Gasteiger partial charge in [-0.05, 0) is 29.5 Å². The minimum absolute atomic E-state index is 0.109. The third-order valence-corrected chi connectivity index (χ3v) is 3.02. The zero-order chi connectivity index (χ0) is 12.6. The molecule has 0 fully saturated rings. The fourth-order valence-corrected chi connectivity index (χ4v) is 2.46. The van der Waals surface area contributed by atoms with E-state index in [1.807, 2.05) is 18.3 Å². The highest BCUT2D eigenvalue weighted by Crippen LogP contribution is 2.34. The van der Waals surface area contributed by atoms with Crippen LogP contribution in [0.2, 0.25) is 0 Å². The second kappa shape index (κ2) is 4.02. The third kappa shape index (κ3) is 1.99. The Labute approximate surface area is 103 Å². The average molecular weight is 229 g/mol. The monoisotopic (exact) mass is 229 g/mol. The van der Waals surface area contributed by atoms with Crippen molar-refractivity contribution in [3.05, 3.63) is 35.5 Å². The van der Waals surface area contributed by atoms with Crippen LogP contribution in [0, 0.1) is 6.92 Å². The Bertz CT molecular complexity index is 553. The fraction of sp³-hybridized carbons (Fsp3) is 0.400. The van der Waals surface area contributed by atoms with Gasteiger partial charge >= 0.3 is 0 Å². The van der Waals surface area contributed by atoms with E-state index >= 15 is 0 Å². The first kappa shape index (κ1) is 11.9. The van der Waals surface area contributed by atoms with Gasteiger partial charge in [0, 0.05) is 11.6 Å². The molecule has 2 rings (SSSR count). The molecule has 0 bridgehead atoms. The van der Waals surface area contributed by atoms with Crippen LogP contribution in [0.5, 0.6) is 5.75 Å². The Morgan fingerprint density at radius 2 is 1.88 bits per heavy atom. The summed E-state index contributed by atoms with van der Waals surface area (Å²) in [5.41, 5.74) is 3.64. The topological polar surface area (TPSA) is 22.1 Å². The van der Waals surface area contributed by atoms with Gasteiger partial charge in [-0.25, -0.2) is 0 Å². The maximum absolute atomic E-state index is 5.37. The lowest BCUT2D eigenvalue weighted by atomic mass is 9.82. The van der Waals surface area contributed by atoms with Crippen LogP contribution in [0.4, 0.5) is 0 Å². The van der Waals surface area contributed by atoms with Crippen molar-refractivity contribution in [2.24, 2.45) is 0 Å². The molecule has 90 valence electrons. The maximum Gasteiger partial charge on any atom is 0.145 e. The number of rotatable bonds is 1. The summed E-state index contributed by atoms with van der Waals surface area (Å²) in [7, 11) is 1.69. The minimum atomic E-state index is 0.109. The highest BCUT2D eigenvalue weighted by atomic mass is 16.5. The molecule has 0 radical (unpaired) electrons. The second-order valence-corrected chi connectivity index (χ2v) is 5.42. The molecule has 0 amide bonds. The molecule has 0 saturated heterocycles. The van der Waals surface area contributed by atoms with Gasteiger partial charge in [-0.15, -0.1) is 0 Å². The van der Waals surface area contributed by atoms with Crippen LogP contribution in [-0.4, -0.2) is 12.1 Å². The van der Waals surface area contributed by atoms with Gasteiger partial charge in [0.05, 0.1) is 7.11 Å². The molecule has 0 atom stereocenters. The largest absolute Gasteiger partial charge is 0.494 e. The summed E-state index contributed by atoms with van der Waals surface area (Å²) in [6.45, 7) is 8.81. The number of para-hydroxylation sites is 1. The molecule has 0 spiro atoms. The van der Waals surface area contributed by atoms with Crippen LogP contribution < -0.4 is 4.74 Å². The van der Waals surface area contributed by atoms with Crippen molar-refractivity contribution in [2.45, 2.75) is 33.1 Å². The van der Waals surface area contributed by atoms with E-state index < -0.39 is 0 Å². The number of pyridine rings is 1. The van der Waals surface area contributed by atoms with Crippen molar-refractivity contribution in [1.29, 1.82) is 0 Å². The zero-order valence-corrected chi connectivity index (χ0v) is 11.2. The number of fused-ring (bicyclic) bond motifs is 1.